The number of nitrogens with zero attached hydrogens (tertiary/aromatic N) is 1. The topological polar surface area (TPSA) is 55.5 Å². The van der Waals surface area contributed by atoms with Crippen molar-refractivity contribution in [1.29, 1.82) is 0 Å². The Kier molecular flexibility index (Phi) is 3.99. The minimum Gasteiger partial charge on any atom is -0.497 e. The second-order valence-corrected chi connectivity index (χ2v) is 3.94. The van der Waals surface area contributed by atoms with Gasteiger partial charge in [-0.2, -0.15) is 0 Å². The van der Waals surface area contributed by atoms with E-state index in [0.29, 0.717) is 12.3 Å². The van der Waals surface area contributed by atoms with Crippen molar-refractivity contribution in [3.63, 3.8) is 0 Å². The molecule has 0 aliphatic heterocycles. The predicted molar refractivity (Wildman–Crippen MR) is 68.7 cm³/mol. The van der Waals surface area contributed by atoms with Crippen LogP contribution in [0.2, 0.25) is 0 Å². The van der Waals surface area contributed by atoms with Gasteiger partial charge in [0.05, 0.1) is 12.8 Å². The number of rotatable bonds is 5. The molecule has 0 unspecified atom stereocenters. The van der Waals surface area contributed by atoms with E-state index in [2.05, 4.69) is 4.98 Å². The maximum atomic E-state index is 8.99. The minimum atomic E-state index is 0.0849. The van der Waals surface area contributed by atoms with Crippen molar-refractivity contribution in [1.82, 2.24) is 4.98 Å². The first kappa shape index (κ1) is 12.6. The van der Waals surface area contributed by atoms with Gasteiger partial charge in [0.2, 0.25) is 5.89 Å². The Labute approximate surface area is 106 Å². The van der Waals surface area contributed by atoms with E-state index in [1.807, 2.05) is 31.2 Å². The van der Waals surface area contributed by atoms with Crippen LogP contribution >= 0.6 is 0 Å². The molecule has 1 N–H and O–H groups in total. The Morgan fingerprint density at radius 1 is 1.28 bits per heavy atom. The second kappa shape index (κ2) is 5.69. The average molecular weight is 247 g/mol. The van der Waals surface area contributed by atoms with E-state index >= 15 is 0 Å². The van der Waals surface area contributed by atoms with Crippen LogP contribution in [0, 0.1) is 0 Å². The number of aromatic nitrogens is 1. The van der Waals surface area contributed by atoms with Gasteiger partial charge in [-0.25, -0.2) is 4.98 Å². The van der Waals surface area contributed by atoms with E-state index in [4.69, 9.17) is 14.3 Å². The van der Waals surface area contributed by atoms with Crippen LogP contribution in [0.4, 0.5) is 0 Å². The van der Waals surface area contributed by atoms with E-state index in [9.17, 15) is 0 Å². The van der Waals surface area contributed by atoms with Crippen molar-refractivity contribution in [3.8, 4) is 17.2 Å². The summed E-state index contributed by atoms with van der Waals surface area (Å²) in [5.41, 5.74) is 1.75. The quantitative estimate of drug-likeness (QED) is 0.881. The lowest BCUT2D eigenvalue weighted by atomic mass is 10.2. The molecule has 0 fully saturated rings. The van der Waals surface area contributed by atoms with Gasteiger partial charge in [-0.15, -0.1) is 0 Å². The summed E-state index contributed by atoms with van der Waals surface area (Å²) < 4.78 is 10.8. The van der Waals surface area contributed by atoms with Crippen LogP contribution in [-0.4, -0.2) is 23.8 Å². The molecule has 96 valence electrons. The van der Waals surface area contributed by atoms with E-state index in [0.717, 1.165) is 29.2 Å². The third-order valence-electron chi connectivity index (χ3n) is 2.78. The Morgan fingerprint density at radius 3 is 2.56 bits per heavy atom. The van der Waals surface area contributed by atoms with Crippen molar-refractivity contribution in [3.05, 3.63) is 35.7 Å². The molecule has 0 aliphatic carbocycles. The first-order valence-corrected chi connectivity index (χ1v) is 6.02. The first-order chi connectivity index (χ1) is 8.78. The summed E-state index contributed by atoms with van der Waals surface area (Å²) in [5, 5.41) is 8.99. The van der Waals surface area contributed by atoms with Gasteiger partial charge in [-0.05, 0) is 24.3 Å². The fourth-order valence-corrected chi connectivity index (χ4v) is 1.82. The van der Waals surface area contributed by atoms with Crippen molar-refractivity contribution >= 4 is 0 Å². The highest BCUT2D eigenvalue weighted by molar-refractivity contribution is 5.55. The third-order valence-corrected chi connectivity index (χ3v) is 2.78. The summed E-state index contributed by atoms with van der Waals surface area (Å²) in [5.74, 6) is 2.24. The van der Waals surface area contributed by atoms with Crippen LogP contribution in [0.25, 0.3) is 11.5 Å². The number of oxazole rings is 1. The Morgan fingerprint density at radius 2 is 2.00 bits per heavy atom. The van der Waals surface area contributed by atoms with Crippen molar-refractivity contribution in [2.45, 2.75) is 19.8 Å². The zero-order valence-corrected chi connectivity index (χ0v) is 10.6. The number of methoxy groups -OCH3 is 1. The fourth-order valence-electron chi connectivity index (χ4n) is 1.82. The number of aryl methyl sites for hydroxylation is 1. The standard InChI is InChI=1S/C14H17NO3/c1-3-13-12(8-9-16)15-14(18-13)10-4-6-11(17-2)7-5-10/h4-7,16H,3,8-9H2,1-2H3. The van der Waals surface area contributed by atoms with Gasteiger partial charge < -0.3 is 14.3 Å². The van der Waals surface area contributed by atoms with E-state index in [1.165, 1.54) is 0 Å². The van der Waals surface area contributed by atoms with Crippen LogP contribution in [0.1, 0.15) is 18.4 Å². The second-order valence-electron chi connectivity index (χ2n) is 3.94. The maximum Gasteiger partial charge on any atom is 0.226 e. The van der Waals surface area contributed by atoms with Gasteiger partial charge in [0.1, 0.15) is 11.5 Å². The molecule has 4 nitrogen and oxygen atoms in total. The number of aliphatic hydroxyl groups excluding tert-OH is 1. The highest BCUT2D eigenvalue weighted by Gasteiger charge is 2.12. The SMILES string of the molecule is CCc1oc(-c2ccc(OC)cc2)nc1CCO. The van der Waals surface area contributed by atoms with Crippen molar-refractivity contribution in [2.24, 2.45) is 0 Å². The highest BCUT2D eigenvalue weighted by Crippen LogP contribution is 2.24. The molecule has 0 bridgehead atoms. The number of benzene rings is 1. The van der Waals surface area contributed by atoms with Crippen LogP contribution in [0.3, 0.4) is 0 Å². The third kappa shape index (κ3) is 2.54. The van der Waals surface area contributed by atoms with Gasteiger partial charge >= 0.3 is 0 Å². The Balaban J connectivity index is 2.31. The molecule has 4 heteroatoms. The molecule has 0 atom stereocenters. The van der Waals surface area contributed by atoms with Gasteiger partial charge in [0.15, 0.2) is 0 Å². The van der Waals surface area contributed by atoms with E-state index in [-0.39, 0.29) is 6.61 Å². The summed E-state index contributed by atoms with van der Waals surface area (Å²) in [6, 6.07) is 7.56. The lowest BCUT2D eigenvalue weighted by Crippen LogP contribution is -1.94. The van der Waals surface area contributed by atoms with E-state index in [1.54, 1.807) is 7.11 Å². The minimum absolute atomic E-state index is 0.0849. The number of hydrogen-bond acceptors (Lipinski definition) is 4. The van der Waals surface area contributed by atoms with Crippen LogP contribution in [0.15, 0.2) is 28.7 Å². The van der Waals surface area contributed by atoms with Gasteiger partial charge in [0.25, 0.3) is 0 Å². The van der Waals surface area contributed by atoms with Crippen molar-refractivity contribution in [2.75, 3.05) is 13.7 Å². The smallest absolute Gasteiger partial charge is 0.226 e. The molecule has 0 spiro atoms. The van der Waals surface area contributed by atoms with Crippen LogP contribution in [0.5, 0.6) is 5.75 Å². The summed E-state index contributed by atoms with van der Waals surface area (Å²) >= 11 is 0. The monoisotopic (exact) mass is 247 g/mol. The first-order valence-electron chi connectivity index (χ1n) is 6.02. The predicted octanol–water partition coefficient (Wildman–Crippen LogP) is 2.45. The van der Waals surface area contributed by atoms with E-state index < -0.39 is 0 Å². The summed E-state index contributed by atoms with van der Waals surface area (Å²) in [6.07, 6.45) is 1.31. The zero-order chi connectivity index (χ0) is 13.0. The van der Waals surface area contributed by atoms with Crippen LogP contribution in [-0.2, 0) is 12.8 Å². The molecule has 0 saturated carbocycles. The Bertz CT molecular complexity index is 502. The Hall–Kier alpha value is -1.81. The number of aliphatic hydroxyl groups is 1. The molecule has 1 aromatic carbocycles. The molecule has 2 aromatic rings. The van der Waals surface area contributed by atoms with Crippen molar-refractivity contribution < 1.29 is 14.3 Å². The summed E-state index contributed by atoms with van der Waals surface area (Å²) in [6.45, 7) is 2.10. The summed E-state index contributed by atoms with van der Waals surface area (Å²) in [7, 11) is 1.63. The maximum absolute atomic E-state index is 8.99. The number of ether oxygens (including phenoxy) is 1. The molecule has 18 heavy (non-hydrogen) atoms. The van der Waals surface area contributed by atoms with Gasteiger partial charge in [-0.1, -0.05) is 6.92 Å². The molecule has 1 aromatic heterocycles. The molecular weight excluding hydrogens is 230 g/mol. The lowest BCUT2D eigenvalue weighted by Gasteiger charge is -1.99. The highest BCUT2D eigenvalue weighted by atomic mass is 16.5. The number of hydrogen-bond donors (Lipinski definition) is 1. The molecule has 1 heterocycles. The average Bonchev–Trinajstić information content (AvgIpc) is 2.82. The van der Waals surface area contributed by atoms with Crippen LogP contribution < -0.4 is 4.74 Å². The molecule has 0 saturated heterocycles. The van der Waals surface area contributed by atoms with Gasteiger partial charge in [0, 0.05) is 25.0 Å². The molecule has 0 radical (unpaired) electrons. The largest absolute Gasteiger partial charge is 0.497 e. The zero-order valence-electron chi connectivity index (χ0n) is 10.6. The molecule has 2 rings (SSSR count). The fraction of sp³-hybridized carbons (Fsp3) is 0.357. The normalized spacial score (nSPS) is 10.6. The molecule has 0 aliphatic rings. The molecule has 0 amide bonds. The molecular formula is C14H17NO3. The summed E-state index contributed by atoms with van der Waals surface area (Å²) in [4.78, 5) is 4.43. The van der Waals surface area contributed by atoms with Gasteiger partial charge in [-0.3, -0.25) is 0 Å². The lowest BCUT2D eigenvalue weighted by molar-refractivity contribution is 0.297.